The summed E-state index contributed by atoms with van der Waals surface area (Å²) >= 11 is 22.5. The number of rotatable bonds is 4. The van der Waals surface area contributed by atoms with Gasteiger partial charge in [0.1, 0.15) is 5.03 Å². The quantitative estimate of drug-likeness (QED) is 0.495. The van der Waals surface area contributed by atoms with Crippen LogP contribution < -0.4 is 5.43 Å². The highest BCUT2D eigenvalue weighted by Gasteiger charge is 2.07. The Morgan fingerprint density at radius 3 is 2.28 bits per heavy atom. The van der Waals surface area contributed by atoms with E-state index in [4.69, 9.17) is 51.5 Å². The van der Waals surface area contributed by atoms with E-state index in [1.165, 1.54) is 0 Å². The van der Waals surface area contributed by atoms with Gasteiger partial charge in [-0.3, -0.25) is 5.43 Å². The first-order valence-corrected chi connectivity index (χ1v) is 5.95. The molecule has 1 rings (SSSR count). The number of halogens is 4. The molecule has 8 heteroatoms. The topological polar surface area (TPSA) is 61.7 Å². The average Bonchev–Trinajstić information content (AvgIpc) is 2.26. The Morgan fingerprint density at radius 2 is 1.78 bits per heavy atom. The molecule has 0 unspecified atom stereocenters. The summed E-state index contributed by atoms with van der Waals surface area (Å²) in [5.74, 6) is -1.33. The number of hydrazone groups is 1. The summed E-state index contributed by atoms with van der Waals surface area (Å²) in [6.07, 6.45) is 1.06. The summed E-state index contributed by atoms with van der Waals surface area (Å²) in [7, 11) is 0. The van der Waals surface area contributed by atoms with E-state index in [0.29, 0.717) is 15.7 Å². The number of carbonyl (C=O) groups is 1. The Balaban J connectivity index is 2.76. The number of nitrogens with zero attached hydrogens (tertiary/aromatic N) is 1. The molecule has 0 aliphatic heterocycles. The second-order valence-corrected chi connectivity index (χ2v) is 4.65. The molecule has 96 valence electrons. The van der Waals surface area contributed by atoms with Crippen molar-refractivity contribution >= 4 is 64.3 Å². The van der Waals surface area contributed by atoms with E-state index in [2.05, 4.69) is 10.5 Å². The second kappa shape index (κ2) is 6.85. The van der Waals surface area contributed by atoms with Crippen LogP contribution in [0.1, 0.15) is 0 Å². The summed E-state index contributed by atoms with van der Waals surface area (Å²) in [6, 6.07) is 4.73. The molecular formula is C10H6Cl4N2O2. The molecular weight excluding hydrogens is 322 g/mol. The van der Waals surface area contributed by atoms with Gasteiger partial charge >= 0.3 is 5.97 Å². The number of hydrogen-bond donors (Lipinski definition) is 2. The third-order valence-corrected chi connectivity index (χ3v) is 2.82. The van der Waals surface area contributed by atoms with Crippen molar-refractivity contribution in [2.24, 2.45) is 5.10 Å². The second-order valence-electron chi connectivity index (χ2n) is 3.00. The van der Waals surface area contributed by atoms with Crippen LogP contribution in [0.5, 0.6) is 0 Å². The lowest BCUT2D eigenvalue weighted by atomic mass is 10.3. The fourth-order valence-electron chi connectivity index (χ4n) is 0.941. The Kier molecular flexibility index (Phi) is 5.75. The van der Waals surface area contributed by atoms with Gasteiger partial charge < -0.3 is 5.11 Å². The van der Waals surface area contributed by atoms with Crippen LogP contribution in [-0.2, 0) is 4.79 Å². The molecule has 2 N–H and O–H groups in total. The maximum atomic E-state index is 10.5. The van der Waals surface area contributed by atoms with E-state index in [1.807, 2.05) is 0 Å². The molecule has 4 nitrogen and oxygen atoms in total. The summed E-state index contributed by atoms with van der Waals surface area (Å²) < 4.78 is 0. The molecule has 0 bridgehead atoms. The molecule has 18 heavy (non-hydrogen) atoms. The zero-order chi connectivity index (χ0) is 13.7. The maximum absolute atomic E-state index is 10.5. The lowest BCUT2D eigenvalue weighted by molar-refractivity contribution is -0.131. The van der Waals surface area contributed by atoms with Gasteiger partial charge in [-0.1, -0.05) is 46.4 Å². The van der Waals surface area contributed by atoms with Crippen LogP contribution in [0.2, 0.25) is 10.0 Å². The Labute approximate surface area is 123 Å². The van der Waals surface area contributed by atoms with Crippen molar-refractivity contribution in [1.29, 1.82) is 0 Å². The van der Waals surface area contributed by atoms with Gasteiger partial charge in [-0.2, -0.15) is 5.10 Å². The molecule has 0 aliphatic rings. The highest BCUT2D eigenvalue weighted by molar-refractivity contribution is 6.51. The fraction of sp³-hybridized carbons (Fsp3) is 0. The van der Waals surface area contributed by atoms with Crippen molar-refractivity contribution in [1.82, 2.24) is 0 Å². The van der Waals surface area contributed by atoms with E-state index in [1.54, 1.807) is 18.2 Å². The predicted octanol–water partition coefficient (Wildman–Crippen LogP) is 4.16. The first kappa shape index (κ1) is 15.1. The molecule has 0 saturated carbocycles. The molecule has 0 aliphatic carbocycles. The molecule has 1 aromatic carbocycles. The number of anilines is 1. The summed E-state index contributed by atoms with van der Waals surface area (Å²) in [6.45, 7) is 0. The van der Waals surface area contributed by atoms with Crippen molar-refractivity contribution in [2.75, 3.05) is 5.43 Å². The van der Waals surface area contributed by atoms with Crippen molar-refractivity contribution in [3.8, 4) is 0 Å². The van der Waals surface area contributed by atoms with E-state index in [9.17, 15) is 4.79 Å². The molecule has 0 atom stereocenters. The number of hydrogen-bond acceptors (Lipinski definition) is 3. The lowest BCUT2D eigenvalue weighted by Crippen LogP contribution is -1.97. The summed E-state index contributed by atoms with van der Waals surface area (Å²) in [4.78, 5) is 10.5. The summed E-state index contributed by atoms with van der Waals surface area (Å²) in [5, 5.41) is 12.4. The average molecular weight is 328 g/mol. The largest absolute Gasteiger partial charge is 0.477 e. The minimum Gasteiger partial charge on any atom is -0.477 e. The number of benzene rings is 1. The minimum atomic E-state index is -1.33. The van der Waals surface area contributed by atoms with Gasteiger partial charge in [0.2, 0.25) is 0 Å². The number of carboxylic acid groups (broad SMARTS) is 1. The molecule has 0 spiro atoms. The number of aliphatic carboxylic acids is 1. The SMILES string of the molecule is O=C(O)/C(Cl)=C(/Cl)C=NNc1cc(Cl)cc(Cl)c1. The monoisotopic (exact) mass is 326 g/mol. The van der Waals surface area contributed by atoms with Gasteiger partial charge in [0, 0.05) is 10.0 Å². The number of nitrogens with one attached hydrogen (secondary N) is 1. The van der Waals surface area contributed by atoms with Crippen LogP contribution in [0.4, 0.5) is 5.69 Å². The highest BCUT2D eigenvalue weighted by Crippen LogP contribution is 2.22. The smallest absolute Gasteiger partial charge is 0.348 e. The van der Waals surface area contributed by atoms with Crippen LogP contribution in [-0.4, -0.2) is 17.3 Å². The van der Waals surface area contributed by atoms with E-state index in [-0.39, 0.29) is 5.03 Å². The zero-order valence-corrected chi connectivity index (χ0v) is 11.6. The Bertz CT molecular complexity index is 508. The van der Waals surface area contributed by atoms with Crippen LogP contribution >= 0.6 is 46.4 Å². The molecule has 0 amide bonds. The van der Waals surface area contributed by atoms with Crippen molar-refractivity contribution in [2.45, 2.75) is 0 Å². The van der Waals surface area contributed by atoms with Gasteiger partial charge in [-0.15, -0.1) is 0 Å². The van der Waals surface area contributed by atoms with Crippen LogP contribution in [0.25, 0.3) is 0 Å². The third-order valence-electron chi connectivity index (χ3n) is 1.63. The van der Waals surface area contributed by atoms with Crippen LogP contribution in [0.15, 0.2) is 33.4 Å². The van der Waals surface area contributed by atoms with Crippen molar-refractivity contribution < 1.29 is 9.90 Å². The van der Waals surface area contributed by atoms with E-state index in [0.717, 1.165) is 6.21 Å². The summed E-state index contributed by atoms with van der Waals surface area (Å²) in [5.41, 5.74) is 3.11. The van der Waals surface area contributed by atoms with Gasteiger partial charge in [-0.25, -0.2) is 4.79 Å². The first-order chi connectivity index (χ1) is 8.40. The standard InChI is InChI=1S/C10H6Cl4N2O2/c11-5-1-6(12)3-7(2-5)16-15-4-8(13)9(14)10(17)18/h1-4,16H,(H,17,18)/b9-8-,15-4?. The maximum Gasteiger partial charge on any atom is 0.348 e. The van der Waals surface area contributed by atoms with Crippen molar-refractivity contribution in [3.05, 3.63) is 38.3 Å². The number of carboxylic acids is 1. The Hall–Kier alpha value is -0.940. The van der Waals surface area contributed by atoms with Gasteiger partial charge in [0.05, 0.1) is 16.9 Å². The molecule has 1 aromatic rings. The fourth-order valence-corrected chi connectivity index (χ4v) is 1.65. The Morgan fingerprint density at radius 1 is 1.22 bits per heavy atom. The van der Waals surface area contributed by atoms with Gasteiger partial charge in [0.15, 0.2) is 0 Å². The molecule has 0 heterocycles. The number of allylic oxidation sites excluding steroid dienone is 1. The van der Waals surface area contributed by atoms with Crippen LogP contribution in [0, 0.1) is 0 Å². The first-order valence-electron chi connectivity index (χ1n) is 4.44. The van der Waals surface area contributed by atoms with Crippen molar-refractivity contribution in [3.63, 3.8) is 0 Å². The zero-order valence-electron chi connectivity index (χ0n) is 8.62. The van der Waals surface area contributed by atoms with Gasteiger partial charge in [-0.05, 0) is 18.2 Å². The molecule has 0 radical (unpaired) electrons. The predicted molar refractivity (Wildman–Crippen MR) is 74.9 cm³/mol. The molecule has 0 fully saturated rings. The van der Waals surface area contributed by atoms with Gasteiger partial charge in [0.25, 0.3) is 0 Å². The van der Waals surface area contributed by atoms with Crippen LogP contribution in [0.3, 0.4) is 0 Å². The third kappa shape index (κ3) is 4.74. The highest BCUT2D eigenvalue weighted by atomic mass is 35.5. The molecule has 0 saturated heterocycles. The van der Waals surface area contributed by atoms with E-state index >= 15 is 0 Å². The normalized spacial score (nSPS) is 12.4. The molecule has 0 aromatic heterocycles. The van der Waals surface area contributed by atoms with E-state index < -0.39 is 11.0 Å². The lowest BCUT2D eigenvalue weighted by Gasteiger charge is -2.01. The minimum absolute atomic E-state index is 0.204.